The first-order chi connectivity index (χ1) is 9.66. The number of methoxy groups -OCH3 is 1. The van der Waals surface area contributed by atoms with Crippen LogP contribution in [0.2, 0.25) is 5.02 Å². The molecule has 0 radical (unpaired) electrons. The molecule has 2 N–H and O–H groups in total. The summed E-state index contributed by atoms with van der Waals surface area (Å²) < 4.78 is 31.6. The molecule has 6 nitrogen and oxygen atoms in total. The lowest BCUT2D eigenvalue weighted by molar-refractivity contribution is -0.147. The molecule has 0 aliphatic heterocycles. The van der Waals surface area contributed by atoms with E-state index in [1.807, 2.05) is 0 Å². The van der Waals surface area contributed by atoms with E-state index in [4.69, 9.17) is 21.4 Å². The average molecular weight is 336 g/mol. The van der Waals surface area contributed by atoms with Crippen LogP contribution in [-0.2, 0) is 14.8 Å². The second-order valence-corrected chi connectivity index (χ2v) is 7.01. The molecule has 0 saturated heterocycles. The largest absolute Gasteiger partial charge is 0.495 e. The number of carbonyl (C=O) groups is 1. The van der Waals surface area contributed by atoms with Crippen LogP contribution in [-0.4, -0.2) is 33.1 Å². The summed E-state index contributed by atoms with van der Waals surface area (Å²) in [5, 5.41) is 9.30. The van der Waals surface area contributed by atoms with Gasteiger partial charge in [-0.25, -0.2) is 13.1 Å². The number of hydrogen-bond acceptors (Lipinski definition) is 4. The summed E-state index contributed by atoms with van der Waals surface area (Å²) in [6.07, 6.45) is 0.300. The number of halogens is 1. The molecule has 118 valence electrons. The van der Waals surface area contributed by atoms with Gasteiger partial charge in [-0.15, -0.1) is 0 Å². The van der Waals surface area contributed by atoms with Crippen LogP contribution >= 0.6 is 11.6 Å². The molecule has 0 bridgehead atoms. The highest BCUT2D eigenvalue weighted by Gasteiger charge is 2.32. The Balaban J connectivity index is 2.97. The van der Waals surface area contributed by atoms with Crippen LogP contribution in [0, 0.1) is 5.41 Å². The first-order valence-corrected chi connectivity index (χ1v) is 8.09. The lowest BCUT2D eigenvalue weighted by atomic mass is 9.88. The molecule has 8 heteroatoms. The Morgan fingerprint density at radius 2 is 2.10 bits per heavy atom. The normalized spacial score (nSPS) is 14.5. The molecule has 1 unspecified atom stereocenters. The van der Waals surface area contributed by atoms with Gasteiger partial charge in [-0.05, 0) is 31.5 Å². The van der Waals surface area contributed by atoms with Crippen molar-refractivity contribution in [3.05, 3.63) is 23.2 Å². The lowest BCUT2D eigenvalue weighted by Crippen LogP contribution is -2.40. The predicted molar refractivity (Wildman–Crippen MR) is 79.2 cm³/mol. The summed E-state index contributed by atoms with van der Waals surface area (Å²) in [4.78, 5) is 11.1. The fourth-order valence-electron chi connectivity index (χ4n) is 1.50. The number of nitrogens with one attached hydrogen (secondary N) is 1. The van der Waals surface area contributed by atoms with E-state index in [2.05, 4.69) is 4.72 Å². The van der Waals surface area contributed by atoms with Crippen molar-refractivity contribution in [3.63, 3.8) is 0 Å². The van der Waals surface area contributed by atoms with E-state index < -0.39 is 21.4 Å². The van der Waals surface area contributed by atoms with Crippen molar-refractivity contribution < 1.29 is 23.1 Å². The number of aliphatic carboxylic acids is 1. The zero-order chi connectivity index (χ0) is 16.3. The van der Waals surface area contributed by atoms with Crippen molar-refractivity contribution in [3.8, 4) is 5.75 Å². The molecule has 0 aliphatic carbocycles. The third kappa shape index (κ3) is 4.09. The Kier molecular flexibility index (Phi) is 5.61. The fraction of sp³-hybridized carbons (Fsp3) is 0.462. The van der Waals surface area contributed by atoms with Gasteiger partial charge in [0, 0.05) is 6.54 Å². The van der Waals surface area contributed by atoms with Crippen molar-refractivity contribution in [2.24, 2.45) is 5.41 Å². The van der Waals surface area contributed by atoms with Gasteiger partial charge in [0.05, 0.1) is 22.4 Å². The third-order valence-corrected chi connectivity index (χ3v) is 5.08. The Morgan fingerprint density at radius 3 is 2.52 bits per heavy atom. The Labute approximate surface area is 129 Å². The van der Waals surface area contributed by atoms with E-state index >= 15 is 0 Å². The monoisotopic (exact) mass is 335 g/mol. The molecular formula is C13H18ClNO5S. The number of hydrogen-bond donors (Lipinski definition) is 2. The maximum atomic E-state index is 12.2. The standard InChI is InChI=1S/C13H18ClNO5S/c1-4-13(2,12(16)17)8-15-21(18,19)9-5-6-11(20-3)10(14)7-9/h5-7,15H,4,8H2,1-3H3,(H,16,17). The molecule has 1 aromatic rings. The maximum Gasteiger partial charge on any atom is 0.310 e. The number of carboxylic acids is 1. The molecule has 0 amide bonds. The second kappa shape index (κ2) is 6.64. The number of rotatable bonds is 7. The lowest BCUT2D eigenvalue weighted by Gasteiger charge is -2.23. The SMILES string of the molecule is CCC(C)(CNS(=O)(=O)c1ccc(OC)c(Cl)c1)C(=O)O. The summed E-state index contributed by atoms with van der Waals surface area (Å²) in [6.45, 7) is 2.97. The minimum Gasteiger partial charge on any atom is -0.495 e. The van der Waals surface area contributed by atoms with Crippen LogP contribution in [0.25, 0.3) is 0 Å². The van der Waals surface area contributed by atoms with E-state index in [1.54, 1.807) is 6.92 Å². The van der Waals surface area contributed by atoms with E-state index in [0.717, 1.165) is 0 Å². The van der Waals surface area contributed by atoms with Crippen molar-refractivity contribution >= 4 is 27.6 Å². The van der Waals surface area contributed by atoms with E-state index in [9.17, 15) is 13.2 Å². The van der Waals surface area contributed by atoms with Crippen molar-refractivity contribution in [2.45, 2.75) is 25.2 Å². The van der Waals surface area contributed by atoms with Crippen molar-refractivity contribution in [1.29, 1.82) is 0 Å². The fourth-order valence-corrected chi connectivity index (χ4v) is 3.02. The zero-order valence-corrected chi connectivity index (χ0v) is 13.6. The summed E-state index contributed by atoms with van der Waals surface area (Å²) >= 11 is 5.89. The van der Waals surface area contributed by atoms with Crippen LogP contribution in [0.15, 0.2) is 23.1 Å². The molecular weight excluding hydrogens is 318 g/mol. The summed E-state index contributed by atoms with van der Waals surface area (Å²) in [5.74, 6) is -0.694. The predicted octanol–water partition coefficient (Wildman–Crippen LogP) is 2.13. The van der Waals surface area contributed by atoms with Gasteiger partial charge in [-0.1, -0.05) is 18.5 Å². The summed E-state index contributed by atoms with van der Waals surface area (Å²) in [6, 6.07) is 4.04. The van der Waals surface area contributed by atoms with Gasteiger partial charge in [0.15, 0.2) is 0 Å². The van der Waals surface area contributed by atoms with Crippen LogP contribution in [0.1, 0.15) is 20.3 Å². The molecule has 1 atom stereocenters. The Bertz CT molecular complexity index is 631. The minimum atomic E-state index is -3.84. The molecule has 0 aromatic heterocycles. The number of sulfonamides is 1. The highest BCUT2D eigenvalue weighted by molar-refractivity contribution is 7.89. The maximum absolute atomic E-state index is 12.2. The first kappa shape index (κ1) is 17.7. The number of ether oxygens (including phenoxy) is 1. The van der Waals surface area contributed by atoms with Crippen LogP contribution in [0.5, 0.6) is 5.75 Å². The topological polar surface area (TPSA) is 92.7 Å². The molecule has 0 spiro atoms. The average Bonchev–Trinajstić information content (AvgIpc) is 2.44. The summed E-state index contributed by atoms with van der Waals surface area (Å²) in [5.41, 5.74) is -1.16. The Hall–Kier alpha value is -1.31. The van der Waals surface area contributed by atoms with E-state index in [-0.39, 0.29) is 16.5 Å². The summed E-state index contributed by atoms with van der Waals surface area (Å²) in [7, 11) is -2.41. The highest BCUT2D eigenvalue weighted by atomic mass is 35.5. The highest BCUT2D eigenvalue weighted by Crippen LogP contribution is 2.27. The molecule has 0 fully saturated rings. The molecule has 1 aromatic carbocycles. The first-order valence-electron chi connectivity index (χ1n) is 6.23. The number of carboxylic acid groups (broad SMARTS) is 1. The number of benzene rings is 1. The molecule has 0 heterocycles. The van der Waals surface area contributed by atoms with Gasteiger partial charge in [0.2, 0.25) is 10.0 Å². The third-order valence-electron chi connectivity index (χ3n) is 3.38. The van der Waals surface area contributed by atoms with Crippen LogP contribution in [0.3, 0.4) is 0 Å². The van der Waals surface area contributed by atoms with E-state index in [0.29, 0.717) is 12.2 Å². The Morgan fingerprint density at radius 1 is 1.48 bits per heavy atom. The van der Waals surface area contributed by atoms with Gasteiger partial charge < -0.3 is 9.84 Å². The van der Waals surface area contributed by atoms with Crippen molar-refractivity contribution in [2.75, 3.05) is 13.7 Å². The second-order valence-electron chi connectivity index (χ2n) is 4.84. The zero-order valence-electron chi connectivity index (χ0n) is 12.0. The van der Waals surface area contributed by atoms with Crippen LogP contribution < -0.4 is 9.46 Å². The van der Waals surface area contributed by atoms with Crippen molar-refractivity contribution in [1.82, 2.24) is 4.72 Å². The van der Waals surface area contributed by atoms with Gasteiger partial charge in [-0.3, -0.25) is 4.79 Å². The molecule has 0 aliphatic rings. The smallest absolute Gasteiger partial charge is 0.310 e. The molecule has 21 heavy (non-hydrogen) atoms. The molecule has 0 saturated carbocycles. The van der Waals surface area contributed by atoms with Gasteiger partial charge >= 0.3 is 5.97 Å². The van der Waals surface area contributed by atoms with Crippen LogP contribution in [0.4, 0.5) is 0 Å². The minimum absolute atomic E-state index is 0.0443. The van der Waals surface area contributed by atoms with Gasteiger partial charge in [0.1, 0.15) is 5.75 Å². The van der Waals surface area contributed by atoms with Gasteiger partial charge in [0.25, 0.3) is 0 Å². The quantitative estimate of drug-likeness (QED) is 0.796. The van der Waals surface area contributed by atoms with E-state index in [1.165, 1.54) is 32.2 Å². The van der Waals surface area contributed by atoms with Gasteiger partial charge in [-0.2, -0.15) is 0 Å². The molecule has 1 rings (SSSR count).